The third-order valence-electron chi connectivity index (χ3n) is 2.30. The molecule has 0 bridgehead atoms. The highest BCUT2D eigenvalue weighted by Crippen LogP contribution is 2.28. The highest BCUT2D eigenvalue weighted by molar-refractivity contribution is 9.10. The average molecular weight is 313 g/mol. The molecule has 0 amide bonds. The van der Waals surface area contributed by atoms with Crippen LogP contribution >= 0.6 is 27.5 Å². The van der Waals surface area contributed by atoms with Gasteiger partial charge < -0.3 is 4.74 Å². The topological polar surface area (TPSA) is 22.1 Å². The maximum Gasteiger partial charge on any atom is 0.146 e. The quantitative estimate of drug-likeness (QED) is 0.767. The molecule has 88 valence electrons. The number of hydrogen-bond donors (Lipinski definition) is 0. The number of pyridine rings is 1. The van der Waals surface area contributed by atoms with Gasteiger partial charge in [-0.05, 0) is 36.2 Å². The Morgan fingerprint density at radius 3 is 2.88 bits per heavy atom. The van der Waals surface area contributed by atoms with Gasteiger partial charge in [0.25, 0.3) is 0 Å². The largest absolute Gasteiger partial charge is 0.455 e. The van der Waals surface area contributed by atoms with Gasteiger partial charge in [-0.3, -0.25) is 4.98 Å². The van der Waals surface area contributed by atoms with E-state index in [0.717, 1.165) is 21.3 Å². The molecule has 1 heterocycles. The van der Waals surface area contributed by atoms with Crippen molar-refractivity contribution in [2.75, 3.05) is 0 Å². The zero-order chi connectivity index (χ0) is 12.3. The van der Waals surface area contributed by atoms with Crippen molar-refractivity contribution in [3.63, 3.8) is 0 Å². The molecule has 2 nitrogen and oxygen atoms in total. The number of ether oxygens (including phenoxy) is 1. The van der Waals surface area contributed by atoms with Gasteiger partial charge in [0.1, 0.15) is 11.5 Å². The molecule has 0 saturated heterocycles. The molecule has 0 aliphatic carbocycles. The molecule has 0 aliphatic heterocycles. The van der Waals surface area contributed by atoms with E-state index in [0.29, 0.717) is 11.6 Å². The molecule has 4 heteroatoms. The molecule has 0 saturated carbocycles. The van der Waals surface area contributed by atoms with Crippen LogP contribution in [0, 0.1) is 6.92 Å². The molecule has 0 N–H and O–H groups in total. The van der Waals surface area contributed by atoms with Gasteiger partial charge in [-0.15, -0.1) is 11.6 Å². The fourth-order valence-corrected chi connectivity index (χ4v) is 1.89. The second kappa shape index (κ2) is 5.52. The van der Waals surface area contributed by atoms with Gasteiger partial charge in [-0.1, -0.05) is 22.0 Å². The van der Waals surface area contributed by atoms with E-state index in [9.17, 15) is 0 Å². The number of aromatic nitrogens is 1. The molecule has 1 aromatic carbocycles. The average Bonchev–Trinajstić information content (AvgIpc) is 2.34. The van der Waals surface area contributed by atoms with Gasteiger partial charge in [0, 0.05) is 16.5 Å². The lowest BCUT2D eigenvalue weighted by Gasteiger charge is -2.09. The minimum Gasteiger partial charge on any atom is -0.455 e. The van der Waals surface area contributed by atoms with Crippen LogP contribution in [0.3, 0.4) is 0 Å². The molecular formula is C13H11BrClNO. The van der Waals surface area contributed by atoms with E-state index in [-0.39, 0.29) is 0 Å². The van der Waals surface area contributed by atoms with Gasteiger partial charge >= 0.3 is 0 Å². The summed E-state index contributed by atoms with van der Waals surface area (Å²) in [4.78, 5) is 4.08. The van der Waals surface area contributed by atoms with E-state index >= 15 is 0 Å². The molecule has 17 heavy (non-hydrogen) atoms. The summed E-state index contributed by atoms with van der Waals surface area (Å²) in [5, 5.41) is 0. The molecule has 2 aromatic rings. The van der Waals surface area contributed by atoms with Gasteiger partial charge in [0.2, 0.25) is 0 Å². The van der Waals surface area contributed by atoms with Crippen LogP contribution < -0.4 is 4.74 Å². The number of hydrogen-bond acceptors (Lipinski definition) is 2. The van der Waals surface area contributed by atoms with Crippen LogP contribution in [-0.2, 0) is 5.88 Å². The summed E-state index contributed by atoms with van der Waals surface area (Å²) in [7, 11) is 0. The number of rotatable bonds is 3. The van der Waals surface area contributed by atoms with E-state index in [1.54, 1.807) is 12.4 Å². The highest BCUT2D eigenvalue weighted by Gasteiger charge is 2.03. The van der Waals surface area contributed by atoms with Crippen molar-refractivity contribution in [3.05, 3.63) is 52.3 Å². The number of nitrogens with zero attached hydrogens (tertiary/aromatic N) is 1. The first-order valence-corrected chi connectivity index (χ1v) is 6.45. The lowest BCUT2D eigenvalue weighted by molar-refractivity contribution is 0.475. The van der Waals surface area contributed by atoms with Crippen molar-refractivity contribution in [1.82, 2.24) is 4.98 Å². The molecule has 0 spiro atoms. The van der Waals surface area contributed by atoms with Crippen LogP contribution in [-0.4, -0.2) is 4.98 Å². The Kier molecular flexibility index (Phi) is 4.02. The first kappa shape index (κ1) is 12.4. The van der Waals surface area contributed by atoms with Crippen LogP contribution in [0.4, 0.5) is 0 Å². The molecule has 2 rings (SSSR count). The Morgan fingerprint density at radius 1 is 1.29 bits per heavy atom. The predicted molar refractivity (Wildman–Crippen MR) is 72.7 cm³/mol. The first-order chi connectivity index (χ1) is 8.19. The van der Waals surface area contributed by atoms with Crippen LogP contribution in [0.25, 0.3) is 0 Å². The minimum atomic E-state index is 0.432. The third kappa shape index (κ3) is 3.20. The van der Waals surface area contributed by atoms with Crippen LogP contribution in [0.5, 0.6) is 11.5 Å². The third-order valence-corrected chi connectivity index (χ3v) is 3.10. The summed E-state index contributed by atoms with van der Waals surface area (Å²) >= 11 is 9.18. The van der Waals surface area contributed by atoms with Crippen molar-refractivity contribution in [3.8, 4) is 11.5 Å². The Bertz CT molecular complexity index is 531. The monoisotopic (exact) mass is 311 g/mol. The molecule has 0 radical (unpaired) electrons. The molecule has 0 aliphatic rings. The zero-order valence-corrected chi connectivity index (χ0v) is 11.6. The first-order valence-electron chi connectivity index (χ1n) is 5.13. The summed E-state index contributed by atoms with van der Waals surface area (Å²) in [5.41, 5.74) is 2.02. The van der Waals surface area contributed by atoms with Crippen molar-refractivity contribution in [2.45, 2.75) is 12.8 Å². The zero-order valence-electron chi connectivity index (χ0n) is 9.28. The second-order valence-electron chi connectivity index (χ2n) is 3.67. The molecule has 0 unspecified atom stereocenters. The maximum absolute atomic E-state index is 5.78. The number of alkyl halides is 1. The van der Waals surface area contributed by atoms with Crippen LogP contribution in [0.15, 0.2) is 41.1 Å². The Labute approximate surface area is 114 Å². The lowest BCUT2D eigenvalue weighted by Crippen LogP contribution is -1.90. The normalized spacial score (nSPS) is 10.3. The van der Waals surface area contributed by atoms with E-state index in [4.69, 9.17) is 16.3 Å². The van der Waals surface area contributed by atoms with E-state index < -0.39 is 0 Å². The van der Waals surface area contributed by atoms with E-state index in [1.807, 2.05) is 31.2 Å². The number of aryl methyl sites for hydroxylation is 1. The van der Waals surface area contributed by atoms with Crippen LogP contribution in [0.2, 0.25) is 0 Å². The van der Waals surface area contributed by atoms with Crippen molar-refractivity contribution < 1.29 is 4.74 Å². The van der Waals surface area contributed by atoms with E-state index in [2.05, 4.69) is 20.9 Å². The van der Waals surface area contributed by atoms with Gasteiger partial charge in [-0.2, -0.15) is 0 Å². The predicted octanol–water partition coefficient (Wildman–Crippen LogP) is 4.68. The van der Waals surface area contributed by atoms with Gasteiger partial charge in [-0.25, -0.2) is 0 Å². The van der Waals surface area contributed by atoms with Gasteiger partial charge in [0.05, 0.1) is 6.20 Å². The molecular weight excluding hydrogens is 302 g/mol. The minimum absolute atomic E-state index is 0.432. The summed E-state index contributed by atoms with van der Waals surface area (Å²) < 4.78 is 6.77. The fourth-order valence-electron chi connectivity index (χ4n) is 1.40. The standard InChI is InChI=1S/C13H11BrClNO/c1-9-2-3-11(14)5-13(9)17-12-4-10(6-15)7-16-8-12/h2-5,7-8H,6H2,1H3. The Balaban J connectivity index is 2.27. The van der Waals surface area contributed by atoms with Crippen molar-refractivity contribution >= 4 is 27.5 Å². The number of halogens is 2. The molecule has 0 fully saturated rings. The Hall–Kier alpha value is -1.06. The lowest BCUT2D eigenvalue weighted by atomic mass is 10.2. The fraction of sp³-hybridized carbons (Fsp3) is 0.154. The van der Waals surface area contributed by atoms with Crippen molar-refractivity contribution in [1.29, 1.82) is 0 Å². The smallest absolute Gasteiger partial charge is 0.146 e. The SMILES string of the molecule is Cc1ccc(Br)cc1Oc1cncc(CCl)c1. The summed E-state index contributed by atoms with van der Waals surface area (Å²) in [6.45, 7) is 2.00. The van der Waals surface area contributed by atoms with E-state index in [1.165, 1.54) is 0 Å². The van der Waals surface area contributed by atoms with Crippen molar-refractivity contribution in [2.24, 2.45) is 0 Å². The van der Waals surface area contributed by atoms with Gasteiger partial charge in [0.15, 0.2) is 0 Å². The summed E-state index contributed by atoms with van der Waals surface area (Å²) in [6.07, 6.45) is 3.41. The number of benzene rings is 1. The highest BCUT2D eigenvalue weighted by atomic mass is 79.9. The van der Waals surface area contributed by atoms with Crippen LogP contribution in [0.1, 0.15) is 11.1 Å². The summed E-state index contributed by atoms with van der Waals surface area (Å²) in [6, 6.07) is 7.80. The molecule has 0 atom stereocenters. The maximum atomic E-state index is 5.78. The summed E-state index contributed by atoms with van der Waals surface area (Å²) in [5.74, 6) is 1.94. The Morgan fingerprint density at radius 2 is 2.12 bits per heavy atom. The second-order valence-corrected chi connectivity index (χ2v) is 4.86. The molecule has 1 aromatic heterocycles.